The Morgan fingerprint density at radius 1 is 1.00 bits per heavy atom. The summed E-state index contributed by atoms with van der Waals surface area (Å²) in [5.74, 6) is -3.81. The van der Waals surface area contributed by atoms with E-state index in [9.17, 15) is 24.3 Å². The van der Waals surface area contributed by atoms with Crippen LogP contribution in [0, 0.1) is 0 Å². The highest BCUT2D eigenvalue weighted by atomic mass is 32.1. The third-order valence-electron chi connectivity index (χ3n) is 5.64. The van der Waals surface area contributed by atoms with Gasteiger partial charge in [-0.15, -0.1) is 0 Å². The minimum atomic E-state index is -1.28. The Labute approximate surface area is 224 Å². The van der Waals surface area contributed by atoms with Crippen LogP contribution < -0.4 is 33.2 Å². The molecule has 12 N–H and O–H groups in total. The Bertz CT molecular complexity index is 1150. The second-order valence-corrected chi connectivity index (χ2v) is 8.87. The first-order valence-corrected chi connectivity index (χ1v) is 12.4. The number of guanidine groups is 1. The number of carboxylic acids is 1. The molecule has 1 aromatic carbocycles. The van der Waals surface area contributed by atoms with Crippen LogP contribution in [0.4, 0.5) is 0 Å². The van der Waals surface area contributed by atoms with Crippen LogP contribution >= 0.6 is 12.6 Å². The van der Waals surface area contributed by atoms with E-state index in [2.05, 4.69) is 38.6 Å². The van der Waals surface area contributed by atoms with Gasteiger partial charge in [0.25, 0.3) is 0 Å². The van der Waals surface area contributed by atoms with E-state index in [0.29, 0.717) is 12.0 Å². The monoisotopic (exact) mass is 550 g/mol. The lowest BCUT2D eigenvalue weighted by molar-refractivity contribution is -0.142. The number of hydrogen-bond acceptors (Lipinski definition) is 8. The number of carbonyl (C=O) groups is 4. The van der Waals surface area contributed by atoms with E-state index >= 15 is 0 Å². The minimum Gasteiger partial charge on any atom is -0.480 e. The van der Waals surface area contributed by atoms with Crippen molar-refractivity contribution in [2.24, 2.45) is 22.2 Å². The number of H-pyrrole nitrogens is 1. The van der Waals surface area contributed by atoms with E-state index in [4.69, 9.17) is 22.3 Å². The zero-order valence-electron chi connectivity index (χ0n) is 20.6. The molecule has 0 saturated carbocycles. The number of aliphatic imine (C=N–C) groups is 1. The Kier molecular flexibility index (Phi) is 11.8. The number of carboxylic acid groups (broad SMARTS) is 1. The number of aliphatic hydroxyl groups excluding tert-OH is 1. The van der Waals surface area contributed by atoms with Gasteiger partial charge in [-0.2, -0.15) is 12.6 Å². The van der Waals surface area contributed by atoms with Gasteiger partial charge in [0.2, 0.25) is 17.7 Å². The molecule has 4 atom stereocenters. The predicted molar refractivity (Wildman–Crippen MR) is 144 cm³/mol. The number of aromatic amines is 1. The van der Waals surface area contributed by atoms with E-state index in [-0.39, 0.29) is 31.1 Å². The van der Waals surface area contributed by atoms with Crippen LogP contribution in [0.25, 0.3) is 10.9 Å². The third-order valence-corrected chi connectivity index (χ3v) is 6.01. The fourth-order valence-electron chi connectivity index (χ4n) is 3.59. The molecule has 3 amide bonds. The SMILES string of the molecule is NC(N)=NCCCC(NC(=O)C(N)CO)C(=O)NC(CS)C(=O)NC(Cc1c[nH]c2ccccc12)C(=O)O. The van der Waals surface area contributed by atoms with E-state index in [1.807, 2.05) is 24.3 Å². The van der Waals surface area contributed by atoms with Gasteiger partial charge in [0, 0.05) is 35.8 Å². The largest absolute Gasteiger partial charge is 0.480 e. The van der Waals surface area contributed by atoms with Crippen molar-refractivity contribution in [3.05, 3.63) is 36.0 Å². The van der Waals surface area contributed by atoms with Crippen LogP contribution in [-0.2, 0) is 25.6 Å². The maximum absolute atomic E-state index is 13.0. The number of aliphatic carboxylic acids is 1. The lowest BCUT2D eigenvalue weighted by Crippen LogP contribution is -2.58. The summed E-state index contributed by atoms with van der Waals surface area (Å²) < 4.78 is 0. The van der Waals surface area contributed by atoms with Gasteiger partial charge >= 0.3 is 5.97 Å². The van der Waals surface area contributed by atoms with Gasteiger partial charge in [0.1, 0.15) is 24.2 Å². The zero-order chi connectivity index (χ0) is 28.2. The fraction of sp³-hybridized carbons (Fsp3) is 0.435. The number of para-hydroxylation sites is 1. The average Bonchev–Trinajstić information content (AvgIpc) is 3.30. The van der Waals surface area contributed by atoms with Crippen molar-refractivity contribution in [3.8, 4) is 0 Å². The molecule has 1 heterocycles. The molecular weight excluding hydrogens is 516 g/mol. The van der Waals surface area contributed by atoms with Crippen LogP contribution in [0.2, 0.25) is 0 Å². The lowest BCUT2D eigenvalue weighted by Gasteiger charge is -2.24. The smallest absolute Gasteiger partial charge is 0.326 e. The minimum absolute atomic E-state index is 0.000840. The molecule has 15 heteroatoms. The summed E-state index contributed by atoms with van der Waals surface area (Å²) in [6, 6.07) is 2.47. The number of nitrogens with one attached hydrogen (secondary N) is 4. The molecule has 0 radical (unpaired) electrons. The van der Waals surface area contributed by atoms with Gasteiger partial charge in [-0.3, -0.25) is 19.4 Å². The van der Waals surface area contributed by atoms with Crippen LogP contribution in [-0.4, -0.2) is 87.9 Å². The van der Waals surface area contributed by atoms with Crippen molar-refractivity contribution < 1.29 is 29.4 Å². The quantitative estimate of drug-likeness (QED) is 0.0488. The van der Waals surface area contributed by atoms with Crippen LogP contribution in [0.1, 0.15) is 18.4 Å². The van der Waals surface area contributed by atoms with Crippen molar-refractivity contribution in [1.82, 2.24) is 20.9 Å². The molecule has 2 aromatic rings. The second-order valence-electron chi connectivity index (χ2n) is 8.51. The summed E-state index contributed by atoms with van der Waals surface area (Å²) in [5, 5.41) is 27.0. The van der Waals surface area contributed by atoms with Crippen LogP contribution in [0.15, 0.2) is 35.5 Å². The van der Waals surface area contributed by atoms with E-state index in [1.165, 1.54) is 0 Å². The predicted octanol–water partition coefficient (Wildman–Crippen LogP) is -2.45. The molecule has 1 aromatic heterocycles. The number of benzene rings is 1. The number of nitrogens with two attached hydrogens (primary N) is 3. The highest BCUT2D eigenvalue weighted by Gasteiger charge is 2.30. The van der Waals surface area contributed by atoms with Crippen molar-refractivity contribution in [2.45, 2.75) is 43.4 Å². The number of rotatable bonds is 15. The highest BCUT2D eigenvalue weighted by Crippen LogP contribution is 2.19. The van der Waals surface area contributed by atoms with Crippen molar-refractivity contribution >= 4 is 53.2 Å². The number of amides is 3. The number of nitrogens with zero attached hydrogens (tertiary/aromatic N) is 1. The van der Waals surface area contributed by atoms with Crippen molar-refractivity contribution in [3.63, 3.8) is 0 Å². The molecule has 14 nitrogen and oxygen atoms in total. The number of aliphatic hydroxyl groups is 1. The number of carbonyl (C=O) groups excluding carboxylic acids is 3. The maximum atomic E-state index is 13.0. The van der Waals surface area contributed by atoms with Crippen molar-refractivity contribution in [1.29, 1.82) is 0 Å². The molecule has 0 aliphatic rings. The maximum Gasteiger partial charge on any atom is 0.326 e. The Balaban J connectivity index is 2.09. The molecule has 2 rings (SSSR count). The van der Waals surface area contributed by atoms with Crippen LogP contribution in [0.5, 0.6) is 0 Å². The average molecular weight is 551 g/mol. The zero-order valence-corrected chi connectivity index (χ0v) is 21.5. The molecule has 0 bridgehead atoms. The molecule has 0 aliphatic heterocycles. The summed E-state index contributed by atoms with van der Waals surface area (Å²) in [6.45, 7) is -0.457. The first-order chi connectivity index (χ1) is 18.1. The first kappa shape index (κ1) is 30.4. The van der Waals surface area contributed by atoms with E-state index in [0.717, 1.165) is 10.9 Å². The number of fused-ring (bicyclic) bond motifs is 1. The Hall–Kier alpha value is -3.82. The standard InChI is InChI=1S/C23H34N8O6S/c24-14(10-32)19(33)29-16(6-3-7-27-23(25)26)20(34)31-18(11-38)21(35)30-17(22(36)37)8-12-9-28-15-5-2-1-4-13(12)15/h1-2,4-5,9,14,16-18,28,32,38H,3,6-8,10-11,24H2,(H,29,33)(H,30,35)(H,31,34)(H,36,37)(H4,25,26,27). The van der Waals surface area contributed by atoms with E-state index in [1.54, 1.807) is 6.20 Å². The Morgan fingerprint density at radius 3 is 2.26 bits per heavy atom. The van der Waals surface area contributed by atoms with Gasteiger partial charge < -0.3 is 48.3 Å². The van der Waals surface area contributed by atoms with Gasteiger partial charge in [-0.05, 0) is 24.5 Å². The third kappa shape index (κ3) is 8.93. The number of hydrogen-bond donors (Lipinski definition) is 10. The number of thiol groups is 1. The summed E-state index contributed by atoms with van der Waals surface area (Å²) >= 11 is 4.12. The molecule has 0 saturated heterocycles. The summed E-state index contributed by atoms with van der Waals surface area (Å²) in [4.78, 5) is 56.8. The van der Waals surface area contributed by atoms with Gasteiger partial charge in [0.05, 0.1) is 6.61 Å². The van der Waals surface area contributed by atoms with Crippen molar-refractivity contribution in [2.75, 3.05) is 18.9 Å². The Morgan fingerprint density at radius 2 is 1.63 bits per heavy atom. The molecule has 0 fully saturated rings. The van der Waals surface area contributed by atoms with Gasteiger partial charge in [-0.25, -0.2) is 4.79 Å². The second kappa shape index (κ2) is 14.8. The molecule has 0 spiro atoms. The molecule has 38 heavy (non-hydrogen) atoms. The summed E-state index contributed by atoms with van der Waals surface area (Å²) in [5.41, 5.74) is 17.6. The lowest BCUT2D eigenvalue weighted by atomic mass is 10.0. The normalized spacial score (nSPS) is 14.1. The van der Waals surface area contributed by atoms with Gasteiger partial charge in [-0.1, -0.05) is 18.2 Å². The highest BCUT2D eigenvalue weighted by molar-refractivity contribution is 7.80. The molecule has 0 aliphatic carbocycles. The topological polar surface area (TPSA) is 251 Å². The van der Waals surface area contributed by atoms with Gasteiger partial charge in [0.15, 0.2) is 5.96 Å². The number of aromatic nitrogens is 1. The first-order valence-electron chi connectivity index (χ1n) is 11.8. The summed E-state index contributed by atoms with van der Waals surface area (Å²) in [7, 11) is 0. The fourth-order valence-corrected chi connectivity index (χ4v) is 3.85. The van der Waals surface area contributed by atoms with E-state index < -0.39 is 54.5 Å². The molecular formula is C23H34N8O6S. The molecule has 4 unspecified atom stereocenters. The summed E-state index contributed by atoms with van der Waals surface area (Å²) in [6.07, 6.45) is 2.07. The van der Waals surface area contributed by atoms with Crippen LogP contribution in [0.3, 0.4) is 0 Å². The molecule has 208 valence electrons.